The van der Waals surface area contributed by atoms with Crippen molar-refractivity contribution in [1.29, 1.82) is 0 Å². The largest absolute Gasteiger partial charge is 0.452 e. The van der Waals surface area contributed by atoms with Crippen LogP contribution in [0.3, 0.4) is 0 Å². The van der Waals surface area contributed by atoms with Crippen LogP contribution in [-0.2, 0) is 9.59 Å². The fourth-order valence-electron chi connectivity index (χ4n) is 4.79. The van der Waals surface area contributed by atoms with E-state index in [-0.39, 0.29) is 11.4 Å². The Hall–Kier alpha value is -5.09. The zero-order valence-corrected chi connectivity index (χ0v) is 22.5. The van der Waals surface area contributed by atoms with Crippen LogP contribution in [0, 0.1) is 17.0 Å². The Morgan fingerprint density at radius 3 is 2.33 bits per heavy atom. The van der Waals surface area contributed by atoms with Gasteiger partial charge < -0.3 is 20.5 Å². The second-order valence-corrected chi connectivity index (χ2v) is 10.3. The van der Waals surface area contributed by atoms with Crippen LogP contribution in [0.2, 0.25) is 0 Å². The lowest BCUT2D eigenvalue weighted by Gasteiger charge is -2.16. The molecule has 0 saturated heterocycles. The van der Waals surface area contributed by atoms with E-state index >= 15 is 4.39 Å². The highest BCUT2D eigenvalue weighted by Crippen LogP contribution is 2.47. The van der Waals surface area contributed by atoms with Gasteiger partial charge in [0.2, 0.25) is 11.8 Å². The van der Waals surface area contributed by atoms with Gasteiger partial charge in [-0.05, 0) is 79.4 Å². The van der Waals surface area contributed by atoms with E-state index in [2.05, 4.69) is 15.7 Å². The van der Waals surface area contributed by atoms with Gasteiger partial charge >= 0.3 is 0 Å². The van der Waals surface area contributed by atoms with Crippen molar-refractivity contribution in [2.75, 3.05) is 10.6 Å². The molecular formula is C32H26F2N4O4. The summed E-state index contributed by atoms with van der Waals surface area (Å²) in [5.74, 6) is -1.92. The smallest absolute Gasteiger partial charge is 0.240 e. The molecule has 1 atom stereocenters. The second-order valence-electron chi connectivity index (χ2n) is 10.3. The zero-order chi connectivity index (χ0) is 29.4. The van der Waals surface area contributed by atoms with Crippen molar-refractivity contribution >= 4 is 28.7 Å². The summed E-state index contributed by atoms with van der Waals surface area (Å²) in [4.78, 5) is 25.8. The first-order valence-corrected chi connectivity index (χ1v) is 13.3. The van der Waals surface area contributed by atoms with Crippen molar-refractivity contribution in [3.8, 4) is 22.6 Å². The number of carbonyl (C=O) groups excluding carboxylic acids is 2. The van der Waals surface area contributed by atoms with E-state index in [1.54, 1.807) is 23.7 Å². The third-order valence-corrected chi connectivity index (χ3v) is 7.33. The van der Waals surface area contributed by atoms with Gasteiger partial charge in [-0.25, -0.2) is 13.3 Å². The maximum Gasteiger partial charge on any atom is 0.240 e. The third-order valence-electron chi connectivity index (χ3n) is 7.33. The Bertz CT molecular complexity index is 1810. The highest BCUT2D eigenvalue weighted by atomic mass is 19.1. The maximum atomic E-state index is 15.2. The summed E-state index contributed by atoms with van der Waals surface area (Å²) >= 11 is 0. The SMILES string of the molecule is CC(O)c1cccc(-c2ccn3nccc(Oc4ccc(NC(=O)C5(C(=O)Nc6ccc(F)cc6)CC5)cc4F)c23)c1. The summed E-state index contributed by atoms with van der Waals surface area (Å²) in [6.07, 6.45) is 3.35. The number of aliphatic hydroxyl groups excluding tert-OH is 1. The standard InChI is InChI=1S/C32H26F2N4O4/c1-19(39)20-3-2-4-21(17-20)25-12-16-38-29(25)28(11-15-35-38)42-27-10-9-24(18-26(27)34)37-31(41)32(13-14-32)30(40)36-23-7-5-22(33)6-8-23/h2-12,15-19,39H,13-14H2,1H3,(H,36,40)(H,37,41). The predicted molar refractivity (Wildman–Crippen MR) is 153 cm³/mol. The molecular weight excluding hydrogens is 542 g/mol. The van der Waals surface area contributed by atoms with Gasteiger partial charge in [0.15, 0.2) is 17.3 Å². The average molecular weight is 569 g/mol. The van der Waals surface area contributed by atoms with Crippen molar-refractivity contribution in [1.82, 2.24) is 9.61 Å². The van der Waals surface area contributed by atoms with Crippen LogP contribution >= 0.6 is 0 Å². The molecule has 1 fully saturated rings. The minimum absolute atomic E-state index is 0.0684. The lowest BCUT2D eigenvalue weighted by Crippen LogP contribution is -2.35. The molecule has 1 unspecified atom stereocenters. The molecule has 1 aliphatic rings. The van der Waals surface area contributed by atoms with Gasteiger partial charge in [0.05, 0.1) is 12.3 Å². The van der Waals surface area contributed by atoms with Crippen LogP contribution in [0.5, 0.6) is 11.5 Å². The quantitative estimate of drug-likeness (QED) is 0.186. The van der Waals surface area contributed by atoms with Crippen LogP contribution in [-0.4, -0.2) is 26.5 Å². The normalized spacial score (nSPS) is 14.3. The highest BCUT2D eigenvalue weighted by molar-refractivity contribution is 6.16. The third kappa shape index (κ3) is 5.19. The number of benzene rings is 3. The molecule has 3 N–H and O–H groups in total. The van der Waals surface area contributed by atoms with Gasteiger partial charge in [-0.15, -0.1) is 0 Å². The number of nitrogens with zero attached hydrogens (tertiary/aromatic N) is 2. The topological polar surface area (TPSA) is 105 Å². The number of halogens is 2. The molecule has 0 bridgehead atoms. The number of nitrogens with one attached hydrogen (secondary N) is 2. The summed E-state index contributed by atoms with van der Waals surface area (Å²) in [6.45, 7) is 1.69. The zero-order valence-electron chi connectivity index (χ0n) is 22.5. The Kier molecular flexibility index (Phi) is 6.91. The number of anilines is 2. The molecule has 0 spiro atoms. The van der Waals surface area contributed by atoms with Gasteiger partial charge in [0.25, 0.3) is 0 Å². The number of rotatable bonds is 8. The molecule has 3 aromatic carbocycles. The fraction of sp³-hybridized carbons (Fsp3) is 0.156. The number of carbonyl (C=O) groups is 2. The van der Waals surface area contributed by atoms with Gasteiger partial charge in [-0.1, -0.05) is 18.2 Å². The minimum Gasteiger partial charge on any atom is -0.452 e. The van der Waals surface area contributed by atoms with E-state index in [1.807, 2.05) is 30.3 Å². The van der Waals surface area contributed by atoms with Crippen LogP contribution in [0.25, 0.3) is 16.6 Å². The number of amides is 2. The number of aliphatic hydroxyl groups is 1. The average Bonchev–Trinajstić information content (AvgIpc) is 3.69. The summed E-state index contributed by atoms with van der Waals surface area (Å²) < 4.78 is 36.0. The monoisotopic (exact) mass is 568 g/mol. The number of hydrogen-bond donors (Lipinski definition) is 3. The van der Waals surface area contributed by atoms with Gasteiger partial charge in [-0.3, -0.25) is 9.59 Å². The van der Waals surface area contributed by atoms with E-state index in [4.69, 9.17) is 4.74 Å². The molecule has 8 nitrogen and oxygen atoms in total. The molecule has 1 aliphatic carbocycles. The Labute approximate surface area is 239 Å². The Balaban J connectivity index is 1.20. The minimum atomic E-state index is -1.28. The van der Waals surface area contributed by atoms with Crippen LogP contribution in [0.1, 0.15) is 31.4 Å². The maximum absolute atomic E-state index is 15.2. The summed E-state index contributed by atoms with van der Waals surface area (Å²) in [5, 5.41) is 19.6. The van der Waals surface area contributed by atoms with Crippen molar-refractivity contribution in [3.05, 3.63) is 108 Å². The van der Waals surface area contributed by atoms with E-state index in [0.29, 0.717) is 29.8 Å². The van der Waals surface area contributed by atoms with Gasteiger partial charge in [-0.2, -0.15) is 5.10 Å². The summed E-state index contributed by atoms with van der Waals surface area (Å²) in [7, 11) is 0. The first-order chi connectivity index (χ1) is 20.2. The van der Waals surface area contributed by atoms with E-state index in [0.717, 1.165) is 22.8 Å². The number of hydrogen-bond acceptors (Lipinski definition) is 5. The molecule has 2 amide bonds. The molecule has 10 heteroatoms. The van der Waals surface area contributed by atoms with E-state index in [1.165, 1.54) is 42.6 Å². The molecule has 0 radical (unpaired) electrons. The van der Waals surface area contributed by atoms with Crippen LogP contribution in [0.15, 0.2) is 91.3 Å². The molecule has 1 saturated carbocycles. The number of aromatic nitrogens is 2. The van der Waals surface area contributed by atoms with Crippen molar-refractivity contribution in [3.63, 3.8) is 0 Å². The predicted octanol–water partition coefficient (Wildman–Crippen LogP) is 6.48. The lowest BCUT2D eigenvalue weighted by molar-refractivity contribution is -0.131. The molecule has 0 aliphatic heterocycles. The van der Waals surface area contributed by atoms with E-state index in [9.17, 15) is 19.1 Å². The van der Waals surface area contributed by atoms with Crippen molar-refractivity contribution < 1.29 is 28.2 Å². The van der Waals surface area contributed by atoms with Gasteiger partial charge in [0, 0.05) is 35.3 Å². The Morgan fingerprint density at radius 2 is 1.64 bits per heavy atom. The van der Waals surface area contributed by atoms with Gasteiger partial charge in [0.1, 0.15) is 16.7 Å². The highest BCUT2D eigenvalue weighted by Gasteiger charge is 2.56. The molecule has 2 aromatic heterocycles. The molecule has 6 rings (SSSR count). The van der Waals surface area contributed by atoms with Crippen molar-refractivity contribution in [2.24, 2.45) is 5.41 Å². The first kappa shape index (κ1) is 27.1. The van der Waals surface area contributed by atoms with E-state index < -0.39 is 35.0 Å². The van der Waals surface area contributed by atoms with Crippen LogP contribution < -0.4 is 15.4 Å². The summed E-state index contributed by atoms with van der Waals surface area (Å²) in [6, 6.07) is 20.2. The molecule has 212 valence electrons. The fourth-order valence-corrected chi connectivity index (χ4v) is 4.79. The molecule has 5 aromatic rings. The van der Waals surface area contributed by atoms with Crippen LogP contribution in [0.4, 0.5) is 20.2 Å². The molecule has 2 heterocycles. The lowest BCUT2D eigenvalue weighted by atomic mass is 10.0. The number of fused-ring (bicyclic) bond motifs is 1. The Morgan fingerprint density at radius 1 is 0.929 bits per heavy atom. The molecule has 42 heavy (non-hydrogen) atoms. The second kappa shape index (κ2) is 10.7. The summed E-state index contributed by atoms with van der Waals surface area (Å²) in [5.41, 5.74) is 2.26. The first-order valence-electron chi connectivity index (χ1n) is 13.3. The number of ether oxygens (including phenoxy) is 1. The van der Waals surface area contributed by atoms with Crippen molar-refractivity contribution in [2.45, 2.75) is 25.9 Å².